The van der Waals surface area contributed by atoms with Gasteiger partial charge in [-0.1, -0.05) is 24.3 Å². The van der Waals surface area contributed by atoms with E-state index < -0.39 is 17.2 Å². The lowest BCUT2D eigenvalue weighted by Gasteiger charge is -2.16. The Morgan fingerprint density at radius 1 is 1.12 bits per heavy atom. The molecule has 3 heterocycles. The third-order valence-corrected chi connectivity index (χ3v) is 5.59. The van der Waals surface area contributed by atoms with Crippen molar-refractivity contribution in [2.24, 2.45) is 0 Å². The zero-order valence-electron chi connectivity index (χ0n) is 17.4. The second-order valence-electron chi connectivity index (χ2n) is 7.77. The van der Waals surface area contributed by atoms with Gasteiger partial charge in [-0.2, -0.15) is 0 Å². The summed E-state index contributed by atoms with van der Waals surface area (Å²) in [7, 11) is 1.27. The molecule has 0 spiro atoms. The van der Waals surface area contributed by atoms with Crippen molar-refractivity contribution in [3.63, 3.8) is 0 Å². The summed E-state index contributed by atoms with van der Waals surface area (Å²) in [5, 5.41) is 0.0635. The van der Waals surface area contributed by atoms with Crippen molar-refractivity contribution in [2.75, 3.05) is 7.11 Å². The number of esters is 1. The molecule has 0 radical (unpaired) electrons. The predicted octanol–water partition coefficient (Wildman–Crippen LogP) is 2.65. The topological polar surface area (TPSA) is 96.1 Å². The van der Waals surface area contributed by atoms with Gasteiger partial charge < -0.3 is 4.74 Å². The first kappa shape index (κ1) is 19.9. The van der Waals surface area contributed by atoms with Crippen LogP contribution in [0, 0.1) is 0 Å². The maximum atomic E-state index is 13.6. The Kier molecular flexibility index (Phi) is 4.89. The number of hydrogen-bond acceptors (Lipinski definition) is 6. The van der Waals surface area contributed by atoms with E-state index in [1.807, 2.05) is 6.07 Å². The Balaban J connectivity index is 1.90. The lowest BCUT2D eigenvalue weighted by atomic mass is 10.1. The highest BCUT2D eigenvalue weighted by Crippen LogP contribution is 2.40. The van der Waals surface area contributed by atoms with Gasteiger partial charge in [0.05, 0.1) is 30.3 Å². The standard InChI is InChI=1S/C24H20N4O4/c1-32-23(30)18-12-19(16-9-10-16)26-21-20(18)22(29)27(14-15-6-5-11-25-13-15)24(31)28(21)17-7-3-2-4-8-17/h2-8,11-13,16H,9-10,14H2,1H3. The molecule has 0 amide bonds. The molecule has 0 unspecified atom stereocenters. The molecule has 5 rings (SSSR count). The molecule has 0 atom stereocenters. The van der Waals surface area contributed by atoms with E-state index in [0.717, 1.165) is 17.4 Å². The minimum atomic E-state index is -0.636. The van der Waals surface area contributed by atoms with Gasteiger partial charge in [-0.25, -0.2) is 19.1 Å². The van der Waals surface area contributed by atoms with Gasteiger partial charge in [0, 0.05) is 24.0 Å². The van der Waals surface area contributed by atoms with Gasteiger partial charge in [0.25, 0.3) is 5.56 Å². The molecule has 32 heavy (non-hydrogen) atoms. The van der Waals surface area contributed by atoms with E-state index in [2.05, 4.69) is 4.98 Å². The predicted molar refractivity (Wildman–Crippen MR) is 118 cm³/mol. The number of benzene rings is 1. The number of fused-ring (bicyclic) bond motifs is 1. The quantitative estimate of drug-likeness (QED) is 0.454. The first-order valence-electron chi connectivity index (χ1n) is 10.3. The van der Waals surface area contributed by atoms with Crippen molar-refractivity contribution in [1.29, 1.82) is 0 Å². The average molecular weight is 428 g/mol. The third-order valence-electron chi connectivity index (χ3n) is 5.59. The zero-order valence-corrected chi connectivity index (χ0v) is 17.4. The first-order chi connectivity index (χ1) is 15.6. The molecule has 160 valence electrons. The number of carbonyl (C=O) groups is 1. The molecular formula is C24H20N4O4. The number of pyridine rings is 2. The molecular weight excluding hydrogens is 408 g/mol. The van der Waals surface area contributed by atoms with Gasteiger partial charge >= 0.3 is 11.7 Å². The maximum absolute atomic E-state index is 13.6. The highest BCUT2D eigenvalue weighted by molar-refractivity contribution is 6.02. The van der Waals surface area contributed by atoms with Crippen molar-refractivity contribution < 1.29 is 9.53 Å². The van der Waals surface area contributed by atoms with E-state index in [-0.39, 0.29) is 29.1 Å². The molecule has 1 saturated carbocycles. The van der Waals surface area contributed by atoms with Crippen LogP contribution < -0.4 is 11.2 Å². The van der Waals surface area contributed by atoms with Gasteiger partial charge in [0.2, 0.25) is 0 Å². The molecule has 4 aromatic rings. The molecule has 8 nitrogen and oxygen atoms in total. The Hall–Kier alpha value is -4.07. The van der Waals surface area contributed by atoms with E-state index in [9.17, 15) is 14.4 Å². The van der Waals surface area contributed by atoms with Gasteiger partial charge in [-0.3, -0.25) is 14.3 Å². The van der Waals surface area contributed by atoms with Crippen LogP contribution >= 0.6 is 0 Å². The fraction of sp³-hybridized carbons (Fsp3) is 0.208. The van der Waals surface area contributed by atoms with Crippen molar-refractivity contribution in [3.05, 3.63) is 98.6 Å². The summed E-state index contributed by atoms with van der Waals surface area (Å²) >= 11 is 0. The summed E-state index contributed by atoms with van der Waals surface area (Å²) in [4.78, 5) is 48.6. The fourth-order valence-electron chi connectivity index (χ4n) is 3.84. The number of nitrogens with zero attached hydrogens (tertiary/aromatic N) is 4. The minimum absolute atomic E-state index is 0.0132. The van der Waals surface area contributed by atoms with Crippen LogP contribution in [-0.4, -0.2) is 32.2 Å². The van der Waals surface area contributed by atoms with Gasteiger partial charge in [-0.15, -0.1) is 0 Å². The number of methoxy groups -OCH3 is 1. The van der Waals surface area contributed by atoms with Crippen LogP contribution in [0.15, 0.2) is 70.5 Å². The van der Waals surface area contributed by atoms with Crippen LogP contribution in [-0.2, 0) is 11.3 Å². The van der Waals surface area contributed by atoms with Crippen LogP contribution in [0.2, 0.25) is 0 Å². The SMILES string of the molecule is COC(=O)c1cc(C2CC2)nc2c1c(=O)n(Cc1cccnc1)c(=O)n2-c1ccccc1. The summed E-state index contributed by atoms with van der Waals surface area (Å²) in [6.07, 6.45) is 5.12. The fourth-order valence-corrected chi connectivity index (χ4v) is 3.84. The molecule has 1 fully saturated rings. The number of aromatic nitrogens is 4. The number of rotatable bonds is 5. The Labute approximate surface area is 182 Å². The van der Waals surface area contributed by atoms with Crippen molar-refractivity contribution in [3.8, 4) is 5.69 Å². The summed E-state index contributed by atoms with van der Waals surface area (Å²) in [5.41, 5.74) is 1.09. The molecule has 8 heteroatoms. The summed E-state index contributed by atoms with van der Waals surface area (Å²) in [6.45, 7) is 0.0132. The average Bonchev–Trinajstić information content (AvgIpc) is 3.67. The smallest absolute Gasteiger partial charge is 0.338 e. The van der Waals surface area contributed by atoms with Crippen LogP contribution in [0.4, 0.5) is 0 Å². The highest BCUT2D eigenvalue weighted by Gasteiger charge is 2.30. The number of hydrogen-bond donors (Lipinski definition) is 0. The minimum Gasteiger partial charge on any atom is -0.465 e. The molecule has 0 bridgehead atoms. The largest absolute Gasteiger partial charge is 0.465 e. The second kappa shape index (κ2) is 7.88. The normalized spacial score (nSPS) is 13.3. The van der Waals surface area contributed by atoms with E-state index in [0.29, 0.717) is 16.9 Å². The summed E-state index contributed by atoms with van der Waals surface area (Å²) < 4.78 is 7.48. The van der Waals surface area contributed by atoms with Gasteiger partial charge in [0.1, 0.15) is 0 Å². The first-order valence-corrected chi connectivity index (χ1v) is 10.3. The lowest BCUT2D eigenvalue weighted by Crippen LogP contribution is -2.41. The highest BCUT2D eigenvalue weighted by atomic mass is 16.5. The van der Waals surface area contributed by atoms with Crippen LogP contribution in [0.25, 0.3) is 16.7 Å². The number of ether oxygens (including phenoxy) is 1. The van der Waals surface area contributed by atoms with Crippen LogP contribution in [0.1, 0.15) is 40.4 Å². The zero-order chi connectivity index (χ0) is 22.2. The van der Waals surface area contributed by atoms with Crippen LogP contribution in [0.5, 0.6) is 0 Å². The van der Waals surface area contributed by atoms with E-state index in [4.69, 9.17) is 9.72 Å². The van der Waals surface area contributed by atoms with E-state index in [1.165, 1.54) is 11.7 Å². The molecule has 0 aliphatic heterocycles. The van der Waals surface area contributed by atoms with Crippen LogP contribution in [0.3, 0.4) is 0 Å². The maximum Gasteiger partial charge on any atom is 0.338 e. The molecule has 0 N–H and O–H groups in total. The second-order valence-corrected chi connectivity index (χ2v) is 7.77. The van der Waals surface area contributed by atoms with Crippen molar-refractivity contribution in [2.45, 2.75) is 25.3 Å². The summed E-state index contributed by atoms with van der Waals surface area (Å²) in [5.74, 6) is -0.428. The molecule has 1 aliphatic rings. The van der Waals surface area contributed by atoms with Gasteiger partial charge in [0.15, 0.2) is 5.65 Å². The Morgan fingerprint density at radius 2 is 1.91 bits per heavy atom. The van der Waals surface area contributed by atoms with Crippen molar-refractivity contribution in [1.82, 2.24) is 19.1 Å². The monoisotopic (exact) mass is 428 g/mol. The van der Waals surface area contributed by atoms with E-state index in [1.54, 1.807) is 54.9 Å². The summed E-state index contributed by atoms with van der Waals surface area (Å²) in [6, 6.07) is 14.1. The molecule has 0 saturated heterocycles. The Morgan fingerprint density at radius 3 is 2.56 bits per heavy atom. The molecule has 1 aliphatic carbocycles. The molecule has 3 aromatic heterocycles. The number of carbonyl (C=O) groups excluding carboxylic acids is 1. The third kappa shape index (κ3) is 3.39. The molecule has 1 aromatic carbocycles. The number of para-hydroxylation sites is 1. The van der Waals surface area contributed by atoms with E-state index >= 15 is 0 Å². The lowest BCUT2D eigenvalue weighted by molar-refractivity contribution is 0.0602. The van der Waals surface area contributed by atoms with Gasteiger partial charge in [-0.05, 0) is 42.7 Å². The Bertz CT molecular complexity index is 1440. The van der Waals surface area contributed by atoms with Crippen molar-refractivity contribution >= 4 is 17.0 Å².